The summed E-state index contributed by atoms with van der Waals surface area (Å²) in [5.41, 5.74) is 1.10. The van der Waals surface area contributed by atoms with Crippen molar-refractivity contribution in [1.82, 2.24) is 4.90 Å². The van der Waals surface area contributed by atoms with E-state index in [1.54, 1.807) is 0 Å². The minimum atomic E-state index is -0.0148. The van der Waals surface area contributed by atoms with E-state index >= 15 is 0 Å². The number of nitrogens with zero attached hydrogens (tertiary/aromatic N) is 1. The maximum absolute atomic E-state index is 12.3. The van der Waals surface area contributed by atoms with Crippen LogP contribution in [0.25, 0.3) is 0 Å². The summed E-state index contributed by atoms with van der Waals surface area (Å²) in [6.45, 7) is 8.14. The van der Waals surface area contributed by atoms with Gasteiger partial charge in [0.05, 0.1) is 0 Å². The van der Waals surface area contributed by atoms with E-state index < -0.39 is 0 Å². The summed E-state index contributed by atoms with van der Waals surface area (Å²) in [7, 11) is 0. The van der Waals surface area contributed by atoms with E-state index in [2.05, 4.69) is 20.8 Å². The number of carbonyl (C=O) groups excluding carboxylic acids is 1. The molecule has 0 spiro atoms. The van der Waals surface area contributed by atoms with Crippen LogP contribution in [0.4, 0.5) is 0 Å². The van der Waals surface area contributed by atoms with Gasteiger partial charge in [0.2, 0.25) is 0 Å². The quantitative estimate of drug-likeness (QED) is 0.930. The van der Waals surface area contributed by atoms with Gasteiger partial charge in [-0.2, -0.15) is 0 Å². The van der Waals surface area contributed by atoms with Crippen molar-refractivity contribution in [3.05, 3.63) is 29.8 Å². The van der Waals surface area contributed by atoms with Crippen LogP contribution in [0.3, 0.4) is 0 Å². The van der Waals surface area contributed by atoms with E-state index in [0.717, 1.165) is 24.2 Å². The van der Waals surface area contributed by atoms with Crippen LogP contribution in [0.15, 0.2) is 24.3 Å². The molecule has 122 valence electrons. The number of rotatable bonds is 4. The fraction of sp³-hybridized carbons (Fsp3) is 0.611. The highest BCUT2D eigenvalue weighted by molar-refractivity contribution is 5.77. The van der Waals surface area contributed by atoms with Crippen molar-refractivity contribution in [3.63, 3.8) is 0 Å². The smallest absolute Gasteiger partial charge is 0.260 e. The Hall–Kier alpha value is -1.55. The lowest BCUT2D eigenvalue weighted by atomic mass is 9.86. The summed E-state index contributed by atoms with van der Waals surface area (Å²) >= 11 is 0. The number of hydrogen-bond acceptors (Lipinski definition) is 3. The highest BCUT2D eigenvalue weighted by atomic mass is 16.5. The fourth-order valence-corrected chi connectivity index (χ4v) is 2.81. The van der Waals surface area contributed by atoms with Gasteiger partial charge >= 0.3 is 0 Å². The van der Waals surface area contributed by atoms with Crippen LogP contribution < -0.4 is 4.74 Å². The van der Waals surface area contributed by atoms with Crippen LogP contribution in [0.2, 0.25) is 0 Å². The lowest BCUT2D eigenvalue weighted by Gasteiger charge is -2.31. The van der Waals surface area contributed by atoms with Gasteiger partial charge < -0.3 is 14.7 Å². The minimum Gasteiger partial charge on any atom is -0.483 e. The van der Waals surface area contributed by atoms with Crippen molar-refractivity contribution in [1.29, 1.82) is 0 Å². The molecular formula is C18H27NO3. The zero-order valence-electron chi connectivity index (χ0n) is 13.8. The molecule has 1 amide bonds. The Morgan fingerprint density at radius 2 is 1.91 bits per heavy atom. The van der Waals surface area contributed by atoms with Gasteiger partial charge in [0.1, 0.15) is 5.75 Å². The number of hydrogen-bond donors (Lipinski definition) is 1. The molecule has 2 rings (SSSR count). The van der Waals surface area contributed by atoms with Crippen molar-refractivity contribution >= 4 is 5.91 Å². The maximum Gasteiger partial charge on any atom is 0.260 e. The number of aliphatic hydroxyl groups excluding tert-OH is 1. The van der Waals surface area contributed by atoms with E-state index in [1.807, 2.05) is 29.2 Å². The molecule has 1 aromatic carbocycles. The predicted octanol–water partition coefficient (Wildman–Crippen LogP) is 2.59. The Kier molecular flexibility index (Phi) is 5.46. The summed E-state index contributed by atoms with van der Waals surface area (Å²) in [6.07, 6.45) is 1.75. The van der Waals surface area contributed by atoms with Crippen LogP contribution in [0.5, 0.6) is 5.75 Å². The highest BCUT2D eigenvalue weighted by Crippen LogP contribution is 2.31. The summed E-state index contributed by atoms with van der Waals surface area (Å²) < 4.78 is 5.79. The highest BCUT2D eigenvalue weighted by Gasteiger charge is 2.23. The van der Waals surface area contributed by atoms with E-state index in [-0.39, 0.29) is 24.5 Å². The molecule has 4 heteroatoms. The molecule has 0 aliphatic carbocycles. The molecular weight excluding hydrogens is 278 g/mol. The number of amides is 1. The van der Waals surface area contributed by atoms with Gasteiger partial charge in [0, 0.05) is 19.7 Å². The first kappa shape index (κ1) is 16.8. The predicted molar refractivity (Wildman–Crippen MR) is 87.0 cm³/mol. The molecule has 0 radical (unpaired) electrons. The first-order chi connectivity index (χ1) is 10.4. The third kappa shape index (κ3) is 4.23. The number of ether oxygens (including phenoxy) is 1. The van der Waals surface area contributed by atoms with Gasteiger partial charge in [-0.3, -0.25) is 4.79 Å². The van der Waals surface area contributed by atoms with Crippen LogP contribution in [-0.2, 0) is 10.2 Å². The number of likely N-dealkylation sites (tertiary alicyclic amines) is 1. The summed E-state index contributed by atoms with van der Waals surface area (Å²) in [4.78, 5) is 14.1. The molecule has 1 N–H and O–H groups in total. The van der Waals surface area contributed by atoms with E-state index in [0.29, 0.717) is 19.0 Å². The third-order valence-electron chi connectivity index (χ3n) is 4.27. The van der Waals surface area contributed by atoms with Crippen molar-refractivity contribution in [2.24, 2.45) is 5.92 Å². The van der Waals surface area contributed by atoms with Crippen molar-refractivity contribution in [2.75, 3.05) is 26.3 Å². The lowest BCUT2D eigenvalue weighted by molar-refractivity contribution is -0.135. The monoisotopic (exact) mass is 305 g/mol. The molecule has 0 saturated carbocycles. The second-order valence-corrected chi connectivity index (χ2v) is 7.04. The molecule has 0 unspecified atom stereocenters. The number of aliphatic hydroxyl groups is 1. The van der Waals surface area contributed by atoms with Crippen LogP contribution in [0.1, 0.15) is 39.2 Å². The lowest BCUT2D eigenvalue weighted by Crippen LogP contribution is -2.41. The molecule has 1 aliphatic rings. The van der Waals surface area contributed by atoms with Crippen LogP contribution in [0, 0.1) is 5.92 Å². The van der Waals surface area contributed by atoms with Crippen molar-refractivity contribution in [2.45, 2.75) is 39.0 Å². The average Bonchev–Trinajstić information content (AvgIpc) is 2.52. The van der Waals surface area contributed by atoms with Gasteiger partial charge in [-0.05, 0) is 35.8 Å². The summed E-state index contributed by atoms with van der Waals surface area (Å²) in [6, 6.07) is 7.90. The molecule has 1 fully saturated rings. The second-order valence-electron chi connectivity index (χ2n) is 7.04. The van der Waals surface area contributed by atoms with Gasteiger partial charge in [-0.15, -0.1) is 0 Å². The van der Waals surface area contributed by atoms with Gasteiger partial charge in [0.25, 0.3) is 5.91 Å². The molecule has 0 aromatic heterocycles. The van der Waals surface area contributed by atoms with Crippen LogP contribution >= 0.6 is 0 Å². The Labute approximate surface area is 133 Å². The maximum atomic E-state index is 12.3. The summed E-state index contributed by atoms with van der Waals surface area (Å²) in [5, 5.41) is 9.15. The van der Waals surface area contributed by atoms with Crippen LogP contribution in [-0.4, -0.2) is 42.2 Å². The molecule has 4 nitrogen and oxygen atoms in total. The zero-order valence-corrected chi connectivity index (χ0v) is 13.8. The molecule has 0 atom stereocenters. The topological polar surface area (TPSA) is 49.8 Å². The van der Waals surface area contributed by atoms with Gasteiger partial charge in [-0.25, -0.2) is 0 Å². The molecule has 22 heavy (non-hydrogen) atoms. The number of piperidine rings is 1. The molecule has 1 heterocycles. The Morgan fingerprint density at radius 1 is 1.27 bits per heavy atom. The van der Waals surface area contributed by atoms with Gasteiger partial charge in [-0.1, -0.05) is 39.0 Å². The Bertz CT molecular complexity index is 499. The van der Waals surface area contributed by atoms with E-state index in [1.165, 1.54) is 0 Å². The largest absolute Gasteiger partial charge is 0.483 e. The molecule has 1 aliphatic heterocycles. The first-order valence-corrected chi connectivity index (χ1v) is 8.02. The average molecular weight is 305 g/mol. The summed E-state index contributed by atoms with van der Waals surface area (Å²) in [5.74, 6) is 1.15. The SMILES string of the molecule is CC(C)(C)c1ccccc1OCC(=O)N1CCC(CO)CC1. The minimum absolute atomic E-state index is 0.0148. The molecule has 0 bridgehead atoms. The number of para-hydroxylation sites is 1. The first-order valence-electron chi connectivity index (χ1n) is 8.02. The van der Waals surface area contributed by atoms with Crippen molar-refractivity contribution < 1.29 is 14.6 Å². The standard InChI is InChI=1S/C18H27NO3/c1-18(2,3)15-6-4-5-7-16(15)22-13-17(21)19-10-8-14(12-20)9-11-19/h4-7,14,20H,8-13H2,1-3H3. The van der Waals surface area contributed by atoms with Gasteiger partial charge in [0.15, 0.2) is 6.61 Å². The number of carbonyl (C=O) groups is 1. The Balaban J connectivity index is 1.92. The molecule has 1 saturated heterocycles. The second kappa shape index (κ2) is 7.14. The zero-order chi connectivity index (χ0) is 16.2. The van der Waals surface area contributed by atoms with E-state index in [4.69, 9.17) is 9.84 Å². The Morgan fingerprint density at radius 3 is 2.50 bits per heavy atom. The normalized spacial score (nSPS) is 16.6. The van der Waals surface area contributed by atoms with Crippen molar-refractivity contribution in [3.8, 4) is 5.75 Å². The number of benzene rings is 1. The third-order valence-corrected chi connectivity index (χ3v) is 4.27. The fourth-order valence-electron chi connectivity index (χ4n) is 2.81. The van der Waals surface area contributed by atoms with E-state index in [9.17, 15) is 4.79 Å². The molecule has 1 aromatic rings.